The van der Waals surface area contributed by atoms with Gasteiger partial charge in [0, 0.05) is 23.4 Å². The normalized spacial score (nSPS) is 14.0. The molecular weight excluding hydrogens is 568 g/mol. The summed E-state index contributed by atoms with van der Waals surface area (Å²) in [5, 5.41) is 0. The lowest BCUT2D eigenvalue weighted by molar-refractivity contribution is 0.202. The van der Waals surface area contributed by atoms with Gasteiger partial charge in [-0.2, -0.15) is 13.1 Å². The van der Waals surface area contributed by atoms with Crippen molar-refractivity contribution < 1.29 is 23.4 Å². The third kappa shape index (κ3) is 7.08. The molecule has 0 saturated carbocycles. The molecular formula is C19H20Br2N6O4S. The van der Waals surface area contributed by atoms with Crippen LogP contribution in [0.5, 0.6) is 11.9 Å². The molecule has 0 bridgehead atoms. The van der Waals surface area contributed by atoms with E-state index in [2.05, 4.69) is 61.2 Å². The van der Waals surface area contributed by atoms with Gasteiger partial charge < -0.3 is 9.47 Å². The van der Waals surface area contributed by atoms with E-state index >= 15 is 0 Å². The number of rotatable bonds is 11. The summed E-state index contributed by atoms with van der Waals surface area (Å²) >= 11 is 6.46. The van der Waals surface area contributed by atoms with E-state index in [9.17, 15) is 8.42 Å². The van der Waals surface area contributed by atoms with Crippen molar-refractivity contribution in [2.45, 2.75) is 13.3 Å². The van der Waals surface area contributed by atoms with Crippen LogP contribution in [0.4, 0.5) is 5.82 Å². The third-order valence-corrected chi connectivity index (χ3v) is 5.63. The van der Waals surface area contributed by atoms with Gasteiger partial charge in [0.15, 0.2) is 5.82 Å². The monoisotopic (exact) mass is 590 g/mol. The molecule has 13 heteroatoms. The van der Waals surface area contributed by atoms with E-state index < -0.39 is 35.2 Å². The maximum Gasteiger partial charge on any atom is 0.316 e. The van der Waals surface area contributed by atoms with Crippen molar-refractivity contribution in [1.82, 2.24) is 24.7 Å². The highest BCUT2D eigenvalue weighted by Gasteiger charge is 2.19. The molecule has 2 N–H and O–H groups in total. The van der Waals surface area contributed by atoms with E-state index in [-0.39, 0.29) is 17.9 Å². The van der Waals surface area contributed by atoms with Crippen LogP contribution in [-0.2, 0) is 10.2 Å². The molecule has 170 valence electrons. The summed E-state index contributed by atoms with van der Waals surface area (Å²) in [4.78, 5) is 15.5. The Bertz CT molecular complexity index is 1300. The maximum atomic E-state index is 12.5. The second-order valence-corrected chi connectivity index (χ2v) is 9.33. The van der Waals surface area contributed by atoms with E-state index in [4.69, 9.17) is 15.0 Å². The van der Waals surface area contributed by atoms with Crippen LogP contribution in [0, 0.1) is 0 Å². The molecule has 3 rings (SSSR count). The van der Waals surface area contributed by atoms with Gasteiger partial charge in [-0.3, -0.25) is 4.72 Å². The summed E-state index contributed by atoms with van der Waals surface area (Å²) in [6.07, 6.45) is 4.11. The molecule has 2 heterocycles. The Morgan fingerprint density at radius 2 is 1.69 bits per heavy atom. The first kappa shape index (κ1) is 19.1. The number of anilines is 1. The van der Waals surface area contributed by atoms with E-state index in [1.165, 1.54) is 12.4 Å². The van der Waals surface area contributed by atoms with Gasteiger partial charge in [-0.1, -0.05) is 35.0 Å². The molecule has 2 aromatic heterocycles. The molecule has 0 aliphatic carbocycles. The summed E-state index contributed by atoms with van der Waals surface area (Å²) in [6, 6.07) is 6.11. The summed E-state index contributed by atoms with van der Waals surface area (Å²) in [6.45, 7) is -4.26. The fourth-order valence-corrected chi connectivity index (χ4v) is 3.71. The van der Waals surface area contributed by atoms with Crippen LogP contribution < -0.4 is 18.9 Å². The Hall–Kier alpha value is -2.35. The van der Waals surface area contributed by atoms with Crippen molar-refractivity contribution in [1.29, 1.82) is 0 Å². The van der Waals surface area contributed by atoms with Gasteiger partial charge in [-0.05, 0) is 40.0 Å². The summed E-state index contributed by atoms with van der Waals surface area (Å²) in [5.41, 5.74) is 0.349. The molecule has 0 unspecified atom stereocenters. The molecule has 0 spiro atoms. The highest BCUT2D eigenvalue weighted by atomic mass is 79.9. The molecule has 0 aliphatic rings. The topological polar surface area (TPSA) is 128 Å². The van der Waals surface area contributed by atoms with Crippen LogP contribution >= 0.6 is 31.9 Å². The van der Waals surface area contributed by atoms with E-state index in [0.717, 1.165) is 10.8 Å². The van der Waals surface area contributed by atoms with Gasteiger partial charge in [0.2, 0.25) is 5.88 Å². The third-order valence-electron chi connectivity index (χ3n) is 3.65. The fourth-order valence-electron chi connectivity index (χ4n) is 2.29. The molecule has 0 amide bonds. The number of hydrogen-bond acceptors (Lipinski definition) is 8. The van der Waals surface area contributed by atoms with Crippen LogP contribution in [0.25, 0.3) is 11.1 Å². The molecule has 1 aromatic carbocycles. The zero-order valence-electron chi connectivity index (χ0n) is 20.5. The van der Waals surface area contributed by atoms with Crippen molar-refractivity contribution in [2.75, 3.05) is 24.4 Å². The first-order valence-electron chi connectivity index (χ1n) is 11.1. The number of hydrogen-bond donors (Lipinski definition) is 2. The van der Waals surface area contributed by atoms with Gasteiger partial charge in [-0.15, -0.1) is 0 Å². The zero-order chi connectivity index (χ0) is 26.6. The minimum absolute atomic E-state index is 0.0218. The zero-order valence-corrected chi connectivity index (χ0v) is 20.5. The van der Waals surface area contributed by atoms with Gasteiger partial charge >= 0.3 is 6.01 Å². The van der Waals surface area contributed by atoms with Gasteiger partial charge in [0.1, 0.15) is 19.4 Å². The molecule has 0 aliphatic heterocycles. The summed E-state index contributed by atoms with van der Waals surface area (Å²) in [5.74, 6) is -0.644. The van der Waals surface area contributed by atoms with Crippen LogP contribution in [0.3, 0.4) is 0 Å². The minimum Gasteiger partial charge on any atom is -0.473 e. The number of ether oxygens (including phenoxy) is 2. The Kier molecular flexibility index (Phi) is 6.88. The van der Waals surface area contributed by atoms with E-state index in [0.29, 0.717) is 16.5 Å². The molecule has 32 heavy (non-hydrogen) atoms. The predicted molar refractivity (Wildman–Crippen MR) is 127 cm³/mol. The number of halogens is 2. The van der Waals surface area contributed by atoms with Crippen LogP contribution in [0.2, 0.25) is 0 Å². The Labute approximate surface area is 208 Å². The Morgan fingerprint density at radius 3 is 2.38 bits per heavy atom. The smallest absolute Gasteiger partial charge is 0.316 e. The quantitative estimate of drug-likeness (QED) is 0.346. The number of nitrogens with one attached hydrogen (secondary N) is 2. The largest absolute Gasteiger partial charge is 0.473 e. The lowest BCUT2D eigenvalue weighted by atomic mass is 10.1. The number of benzene rings is 1. The second-order valence-electron chi connectivity index (χ2n) is 6.00. The molecule has 0 atom stereocenters. The highest BCUT2D eigenvalue weighted by molar-refractivity contribution is 9.10. The Morgan fingerprint density at radius 1 is 1.00 bits per heavy atom. The second kappa shape index (κ2) is 11.5. The van der Waals surface area contributed by atoms with E-state index in [1.807, 2.05) is 0 Å². The van der Waals surface area contributed by atoms with Crippen molar-refractivity contribution in [3.8, 4) is 23.0 Å². The van der Waals surface area contributed by atoms with Crippen molar-refractivity contribution in [3.63, 3.8) is 0 Å². The number of nitrogens with zero attached hydrogens (tertiary/aromatic N) is 4. The first-order valence-corrected chi connectivity index (χ1v) is 12.1. The standard InChI is InChI=1S/C19H20Br2N6O4S/c1-2-7-26-32(28,29)27-17-16(13-3-5-14(20)6-4-13)18(25-12-24-17)30-8-9-31-19-22-10-15(21)11-23-19/h3-6,10-12,26H,2,7-9H2,1H3,(H,24,25,27)/i8D2,9D2. The average molecular weight is 592 g/mol. The van der Waals surface area contributed by atoms with Crippen molar-refractivity contribution in [3.05, 3.63) is 51.9 Å². The molecule has 0 saturated heterocycles. The maximum absolute atomic E-state index is 12.5. The van der Waals surface area contributed by atoms with Crippen molar-refractivity contribution in [2.24, 2.45) is 0 Å². The van der Waals surface area contributed by atoms with Gasteiger partial charge in [0.25, 0.3) is 10.2 Å². The summed E-state index contributed by atoms with van der Waals surface area (Å²) in [7, 11) is -4.04. The van der Waals surface area contributed by atoms with Crippen LogP contribution in [0.1, 0.15) is 18.8 Å². The molecule has 10 nitrogen and oxygen atoms in total. The van der Waals surface area contributed by atoms with Gasteiger partial charge in [0.05, 0.1) is 15.5 Å². The molecule has 0 fully saturated rings. The molecule has 3 aromatic rings. The van der Waals surface area contributed by atoms with Crippen LogP contribution in [0.15, 0.2) is 51.9 Å². The predicted octanol–water partition coefficient (Wildman–Crippen LogP) is 3.57. The fraction of sp³-hybridized carbons (Fsp3) is 0.263. The minimum atomic E-state index is -4.04. The lowest BCUT2D eigenvalue weighted by Gasteiger charge is -2.15. The first-order chi connectivity index (χ1) is 16.8. The van der Waals surface area contributed by atoms with Crippen LogP contribution in [-0.4, -0.2) is 48.0 Å². The SMILES string of the molecule is [2H]C([2H])(Oc1ncc(Br)cn1)C([2H])([2H])Oc1ncnc(NS(=O)(=O)NCCC)c1-c1ccc(Br)cc1. The van der Waals surface area contributed by atoms with Gasteiger partial charge in [-0.25, -0.2) is 19.9 Å². The summed E-state index contributed by atoms with van der Waals surface area (Å²) < 4.78 is 74.0. The average Bonchev–Trinajstić information content (AvgIpc) is 2.79. The number of aromatic nitrogens is 4. The van der Waals surface area contributed by atoms with E-state index in [1.54, 1.807) is 31.2 Å². The highest BCUT2D eigenvalue weighted by Crippen LogP contribution is 2.34. The Balaban J connectivity index is 2.01. The van der Waals surface area contributed by atoms with Crippen molar-refractivity contribution >= 4 is 47.9 Å². The molecule has 0 radical (unpaired) electrons. The lowest BCUT2D eigenvalue weighted by Crippen LogP contribution is -2.31.